The van der Waals surface area contributed by atoms with E-state index in [0.717, 1.165) is 18.4 Å². The van der Waals surface area contributed by atoms with Gasteiger partial charge >= 0.3 is 0 Å². The van der Waals surface area contributed by atoms with E-state index in [1.165, 1.54) is 14.2 Å². The van der Waals surface area contributed by atoms with Gasteiger partial charge in [0.25, 0.3) is 5.91 Å². The number of amides is 1. The van der Waals surface area contributed by atoms with Crippen LogP contribution in [0.1, 0.15) is 25.3 Å². The second-order valence-corrected chi connectivity index (χ2v) is 4.19. The predicted octanol–water partition coefficient (Wildman–Crippen LogP) is 1.50. The molecule has 1 heterocycles. The van der Waals surface area contributed by atoms with Crippen LogP contribution in [-0.2, 0) is 20.8 Å². The fraction of sp³-hybridized carbons (Fsp3) is 0.571. The summed E-state index contributed by atoms with van der Waals surface area (Å²) in [5.74, 6) is 0.214. The Morgan fingerprint density at radius 3 is 2.80 bits per heavy atom. The maximum Gasteiger partial charge on any atom is 0.277 e. The number of aromatic nitrogens is 1. The molecule has 6 nitrogen and oxygen atoms in total. The van der Waals surface area contributed by atoms with Gasteiger partial charge in [-0.25, -0.2) is 4.98 Å². The Morgan fingerprint density at radius 2 is 2.15 bits per heavy atom. The fourth-order valence-electron chi connectivity index (χ4n) is 1.58. The number of rotatable bonds is 9. The molecule has 0 saturated carbocycles. The van der Waals surface area contributed by atoms with Crippen LogP contribution in [0.4, 0.5) is 0 Å². The van der Waals surface area contributed by atoms with Crippen molar-refractivity contribution in [3.63, 3.8) is 0 Å². The van der Waals surface area contributed by atoms with Crippen LogP contribution in [0.3, 0.4) is 0 Å². The van der Waals surface area contributed by atoms with Gasteiger partial charge in [0.05, 0.1) is 6.61 Å². The second-order valence-electron chi connectivity index (χ2n) is 4.19. The standard InChI is InChI=1S/C14H22N2O4/c1-4-5-9-20-13-11(7-6-8-15-13)10-16-12(17)14(18-2)19-3/h6-8,14H,4-5,9-10H2,1-3H3,(H,16,17). The van der Waals surface area contributed by atoms with E-state index >= 15 is 0 Å². The summed E-state index contributed by atoms with van der Waals surface area (Å²) in [6, 6.07) is 3.67. The van der Waals surface area contributed by atoms with Gasteiger partial charge < -0.3 is 19.5 Å². The largest absolute Gasteiger partial charge is 0.477 e. The normalized spacial score (nSPS) is 10.6. The average Bonchev–Trinajstić information content (AvgIpc) is 2.48. The van der Waals surface area contributed by atoms with Crippen LogP contribution in [0, 0.1) is 0 Å². The van der Waals surface area contributed by atoms with E-state index in [1.807, 2.05) is 6.07 Å². The molecule has 0 radical (unpaired) electrons. The third-order valence-electron chi connectivity index (χ3n) is 2.68. The van der Waals surface area contributed by atoms with Gasteiger partial charge in [-0.05, 0) is 12.5 Å². The van der Waals surface area contributed by atoms with E-state index in [4.69, 9.17) is 14.2 Å². The molecule has 0 aromatic carbocycles. The number of carbonyl (C=O) groups is 1. The Bertz CT molecular complexity index is 408. The molecule has 0 fully saturated rings. The number of unbranched alkanes of at least 4 members (excludes halogenated alkanes) is 1. The van der Waals surface area contributed by atoms with Crippen molar-refractivity contribution in [3.8, 4) is 5.88 Å². The number of ether oxygens (including phenoxy) is 3. The lowest BCUT2D eigenvalue weighted by Gasteiger charge is -2.14. The van der Waals surface area contributed by atoms with Gasteiger partial charge in [0.15, 0.2) is 0 Å². The highest BCUT2D eigenvalue weighted by molar-refractivity contribution is 5.79. The molecular formula is C14H22N2O4. The van der Waals surface area contributed by atoms with Crippen LogP contribution < -0.4 is 10.1 Å². The minimum atomic E-state index is -0.906. The molecule has 0 aliphatic carbocycles. The number of methoxy groups -OCH3 is 2. The Morgan fingerprint density at radius 1 is 1.40 bits per heavy atom. The van der Waals surface area contributed by atoms with Crippen molar-refractivity contribution >= 4 is 5.91 Å². The third-order valence-corrected chi connectivity index (χ3v) is 2.68. The Labute approximate surface area is 119 Å². The van der Waals surface area contributed by atoms with E-state index in [9.17, 15) is 4.79 Å². The van der Waals surface area contributed by atoms with Crippen molar-refractivity contribution < 1.29 is 19.0 Å². The molecule has 112 valence electrons. The molecule has 0 unspecified atom stereocenters. The van der Waals surface area contributed by atoms with Crippen LogP contribution >= 0.6 is 0 Å². The quantitative estimate of drug-likeness (QED) is 0.549. The van der Waals surface area contributed by atoms with Gasteiger partial charge in [0.2, 0.25) is 12.2 Å². The average molecular weight is 282 g/mol. The molecule has 0 aliphatic rings. The molecule has 0 bridgehead atoms. The first kappa shape index (κ1) is 16.4. The summed E-state index contributed by atoms with van der Waals surface area (Å²) in [6.45, 7) is 3.03. The molecule has 1 aromatic heterocycles. The number of hydrogen-bond donors (Lipinski definition) is 1. The number of pyridine rings is 1. The first-order valence-electron chi connectivity index (χ1n) is 6.62. The molecular weight excluding hydrogens is 260 g/mol. The highest BCUT2D eigenvalue weighted by atomic mass is 16.7. The minimum Gasteiger partial charge on any atom is -0.477 e. The zero-order valence-corrected chi connectivity index (χ0v) is 12.2. The maximum absolute atomic E-state index is 11.7. The van der Waals surface area contributed by atoms with Crippen molar-refractivity contribution in [1.29, 1.82) is 0 Å². The smallest absolute Gasteiger partial charge is 0.277 e. The summed E-state index contributed by atoms with van der Waals surface area (Å²) in [5, 5.41) is 2.72. The molecule has 0 atom stereocenters. The van der Waals surface area contributed by atoms with Gasteiger partial charge in [-0.3, -0.25) is 4.79 Å². The summed E-state index contributed by atoms with van der Waals surface area (Å²) < 4.78 is 15.4. The minimum absolute atomic E-state index is 0.317. The van der Waals surface area contributed by atoms with Gasteiger partial charge in [-0.2, -0.15) is 0 Å². The van der Waals surface area contributed by atoms with Crippen LogP contribution in [0.5, 0.6) is 5.88 Å². The van der Waals surface area contributed by atoms with Crippen LogP contribution in [0.2, 0.25) is 0 Å². The summed E-state index contributed by atoms with van der Waals surface area (Å²) >= 11 is 0. The van der Waals surface area contributed by atoms with Crippen molar-refractivity contribution in [2.24, 2.45) is 0 Å². The zero-order chi connectivity index (χ0) is 14.8. The number of hydrogen-bond acceptors (Lipinski definition) is 5. The summed E-state index contributed by atoms with van der Waals surface area (Å²) in [5.41, 5.74) is 0.822. The highest BCUT2D eigenvalue weighted by Gasteiger charge is 2.16. The first-order valence-corrected chi connectivity index (χ1v) is 6.62. The number of carbonyl (C=O) groups excluding carboxylic acids is 1. The third kappa shape index (κ3) is 5.14. The molecule has 0 saturated heterocycles. The Kier molecular flexibility index (Phi) is 7.60. The van der Waals surface area contributed by atoms with Crippen molar-refractivity contribution in [2.45, 2.75) is 32.6 Å². The van der Waals surface area contributed by atoms with E-state index in [2.05, 4.69) is 17.2 Å². The molecule has 0 aliphatic heterocycles. The SMILES string of the molecule is CCCCOc1ncccc1CNC(=O)C(OC)OC. The molecule has 0 spiro atoms. The summed E-state index contributed by atoms with van der Waals surface area (Å²) in [4.78, 5) is 15.9. The van der Waals surface area contributed by atoms with Crippen LogP contribution in [0.15, 0.2) is 18.3 Å². The van der Waals surface area contributed by atoms with Crippen LogP contribution in [-0.4, -0.2) is 38.0 Å². The predicted molar refractivity (Wildman–Crippen MR) is 74.3 cm³/mol. The monoisotopic (exact) mass is 282 g/mol. The lowest BCUT2D eigenvalue weighted by molar-refractivity contribution is -0.159. The summed E-state index contributed by atoms with van der Waals surface area (Å²) in [7, 11) is 2.83. The fourth-order valence-corrected chi connectivity index (χ4v) is 1.58. The van der Waals surface area contributed by atoms with E-state index in [-0.39, 0.29) is 5.91 Å². The van der Waals surface area contributed by atoms with E-state index < -0.39 is 6.29 Å². The van der Waals surface area contributed by atoms with Crippen molar-refractivity contribution in [3.05, 3.63) is 23.9 Å². The maximum atomic E-state index is 11.7. The van der Waals surface area contributed by atoms with Gasteiger partial charge in [-0.15, -0.1) is 0 Å². The number of nitrogens with one attached hydrogen (secondary N) is 1. The molecule has 6 heteroatoms. The second kappa shape index (κ2) is 9.28. The van der Waals surface area contributed by atoms with Crippen molar-refractivity contribution in [1.82, 2.24) is 10.3 Å². The first-order chi connectivity index (χ1) is 9.72. The molecule has 1 aromatic rings. The molecule has 1 amide bonds. The lowest BCUT2D eigenvalue weighted by Crippen LogP contribution is -2.36. The lowest BCUT2D eigenvalue weighted by atomic mass is 10.2. The van der Waals surface area contributed by atoms with E-state index in [0.29, 0.717) is 19.0 Å². The molecule has 1 N–H and O–H groups in total. The molecule has 20 heavy (non-hydrogen) atoms. The highest BCUT2D eigenvalue weighted by Crippen LogP contribution is 2.14. The number of nitrogens with zero attached hydrogens (tertiary/aromatic N) is 1. The van der Waals surface area contributed by atoms with Gasteiger partial charge in [0, 0.05) is 32.5 Å². The zero-order valence-electron chi connectivity index (χ0n) is 12.2. The Balaban J connectivity index is 2.56. The van der Waals surface area contributed by atoms with Crippen molar-refractivity contribution in [2.75, 3.05) is 20.8 Å². The summed E-state index contributed by atoms with van der Waals surface area (Å²) in [6.07, 6.45) is 2.79. The van der Waals surface area contributed by atoms with Crippen LogP contribution in [0.25, 0.3) is 0 Å². The van der Waals surface area contributed by atoms with E-state index in [1.54, 1.807) is 12.3 Å². The Hall–Kier alpha value is -1.66. The topological polar surface area (TPSA) is 69.7 Å². The van der Waals surface area contributed by atoms with Gasteiger partial charge in [0.1, 0.15) is 0 Å². The van der Waals surface area contributed by atoms with Gasteiger partial charge in [-0.1, -0.05) is 19.4 Å². The molecule has 1 rings (SSSR count).